The molecule has 0 N–H and O–H groups in total. The fourth-order valence-electron chi connectivity index (χ4n) is 1.96. The van der Waals surface area contributed by atoms with Crippen molar-refractivity contribution >= 4 is 31.9 Å². The minimum atomic E-state index is 0.593. The summed E-state index contributed by atoms with van der Waals surface area (Å²) in [4.78, 5) is 0. The molecule has 2 aromatic rings. The molecule has 0 saturated carbocycles. The molecule has 2 rings (SSSR count). The van der Waals surface area contributed by atoms with Crippen molar-refractivity contribution in [2.75, 3.05) is 21.3 Å². The van der Waals surface area contributed by atoms with Gasteiger partial charge in [0.15, 0.2) is 11.5 Å². The summed E-state index contributed by atoms with van der Waals surface area (Å²) < 4.78 is 23.5. The van der Waals surface area contributed by atoms with Crippen LogP contribution >= 0.6 is 31.9 Å². The molecule has 2 aromatic carbocycles. The number of hydrogen-bond acceptors (Lipinski definition) is 4. The van der Waals surface area contributed by atoms with Gasteiger partial charge >= 0.3 is 0 Å². The number of ether oxygens (including phenoxy) is 4. The monoisotopic (exact) mass is 430 g/mol. The van der Waals surface area contributed by atoms with Crippen molar-refractivity contribution in [3.63, 3.8) is 0 Å². The Morgan fingerprint density at radius 3 is 1.64 bits per heavy atom. The molecule has 0 spiro atoms. The van der Waals surface area contributed by atoms with Crippen LogP contribution in [0.3, 0.4) is 0 Å². The third kappa shape index (κ3) is 3.50. The second kappa shape index (κ2) is 7.24. The summed E-state index contributed by atoms with van der Waals surface area (Å²) in [7, 11) is 4.80. The Morgan fingerprint density at radius 1 is 0.636 bits per heavy atom. The second-order valence-electron chi connectivity index (χ2n) is 4.49. The van der Waals surface area contributed by atoms with E-state index in [1.165, 1.54) is 0 Å². The van der Waals surface area contributed by atoms with E-state index in [-0.39, 0.29) is 0 Å². The Hall–Kier alpha value is -1.40. The van der Waals surface area contributed by atoms with Crippen LogP contribution < -0.4 is 18.9 Å². The molecule has 22 heavy (non-hydrogen) atoms. The Balaban J connectivity index is 2.43. The van der Waals surface area contributed by atoms with Crippen LogP contribution in [0.25, 0.3) is 0 Å². The third-order valence-corrected chi connectivity index (χ3v) is 4.35. The summed E-state index contributed by atoms with van der Waals surface area (Å²) in [5.41, 5.74) is 1.02. The normalized spacial score (nSPS) is 10.3. The van der Waals surface area contributed by atoms with Crippen LogP contribution in [-0.2, 0) is 0 Å². The summed E-state index contributed by atoms with van der Waals surface area (Å²) in [6.45, 7) is 1.97. The quantitative estimate of drug-likeness (QED) is 0.640. The average Bonchev–Trinajstić information content (AvgIpc) is 2.51. The second-order valence-corrected chi connectivity index (χ2v) is 6.20. The lowest BCUT2D eigenvalue weighted by Gasteiger charge is -2.15. The van der Waals surface area contributed by atoms with Crippen LogP contribution in [0.2, 0.25) is 0 Å². The molecule has 0 aromatic heterocycles. The van der Waals surface area contributed by atoms with E-state index in [0.29, 0.717) is 23.0 Å². The molecular formula is C16H16Br2O4. The first-order valence-electron chi connectivity index (χ1n) is 6.43. The first-order valence-corrected chi connectivity index (χ1v) is 8.02. The highest BCUT2D eigenvalue weighted by molar-refractivity contribution is 9.11. The van der Waals surface area contributed by atoms with E-state index in [1.54, 1.807) is 33.5 Å². The molecule has 0 aliphatic rings. The number of benzene rings is 2. The molecule has 0 atom stereocenters. The summed E-state index contributed by atoms with van der Waals surface area (Å²) in [5.74, 6) is 3.24. The molecule has 0 aliphatic carbocycles. The largest absolute Gasteiger partial charge is 0.496 e. The van der Waals surface area contributed by atoms with Crippen LogP contribution in [0.15, 0.2) is 33.2 Å². The van der Waals surface area contributed by atoms with Crippen molar-refractivity contribution < 1.29 is 18.9 Å². The summed E-state index contributed by atoms with van der Waals surface area (Å²) in [5, 5.41) is 0. The predicted molar refractivity (Wildman–Crippen MR) is 92.8 cm³/mol. The fraction of sp³-hybridized carbons (Fsp3) is 0.250. The maximum absolute atomic E-state index is 5.97. The lowest BCUT2D eigenvalue weighted by Crippen LogP contribution is -1.94. The standard InChI is InChI=1S/C16H16Br2O4/c1-9-5-10(17)13(7-12(9)19-2)22-14-8-16(21-4)15(20-3)6-11(14)18/h5-8H,1-4H3. The molecule has 0 unspecified atom stereocenters. The van der Waals surface area contributed by atoms with Gasteiger partial charge in [-0.15, -0.1) is 0 Å². The maximum Gasteiger partial charge on any atom is 0.164 e. The van der Waals surface area contributed by atoms with Gasteiger partial charge in [-0.05, 0) is 50.4 Å². The molecule has 0 bridgehead atoms. The van der Waals surface area contributed by atoms with E-state index in [2.05, 4.69) is 31.9 Å². The minimum Gasteiger partial charge on any atom is -0.496 e. The van der Waals surface area contributed by atoms with Crippen LogP contribution in [-0.4, -0.2) is 21.3 Å². The van der Waals surface area contributed by atoms with E-state index >= 15 is 0 Å². The Morgan fingerprint density at radius 2 is 1.09 bits per heavy atom. The minimum absolute atomic E-state index is 0.593. The zero-order valence-corrected chi connectivity index (χ0v) is 15.9. The van der Waals surface area contributed by atoms with Gasteiger partial charge in [-0.3, -0.25) is 0 Å². The van der Waals surface area contributed by atoms with Gasteiger partial charge in [-0.25, -0.2) is 0 Å². The van der Waals surface area contributed by atoms with Gasteiger partial charge in [0.25, 0.3) is 0 Å². The lowest BCUT2D eigenvalue weighted by atomic mass is 10.2. The van der Waals surface area contributed by atoms with Gasteiger partial charge in [0.2, 0.25) is 0 Å². The summed E-state index contributed by atoms with van der Waals surface area (Å²) >= 11 is 6.98. The smallest absolute Gasteiger partial charge is 0.164 e. The van der Waals surface area contributed by atoms with Crippen LogP contribution in [0.1, 0.15) is 5.56 Å². The van der Waals surface area contributed by atoms with E-state index in [0.717, 1.165) is 20.3 Å². The summed E-state index contributed by atoms with van der Waals surface area (Å²) in [6, 6.07) is 7.35. The molecule has 0 amide bonds. The van der Waals surface area contributed by atoms with Gasteiger partial charge in [0.1, 0.15) is 17.2 Å². The van der Waals surface area contributed by atoms with Crippen molar-refractivity contribution in [1.82, 2.24) is 0 Å². The fourth-order valence-corrected chi connectivity index (χ4v) is 2.91. The van der Waals surface area contributed by atoms with E-state index in [1.807, 2.05) is 19.1 Å². The molecule has 0 saturated heterocycles. The van der Waals surface area contributed by atoms with E-state index in [4.69, 9.17) is 18.9 Å². The Kier molecular flexibility index (Phi) is 5.58. The topological polar surface area (TPSA) is 36.9 Å². The molecule has 0 heterocycles. The SMILES string of the molecule is COc1cc(Oc2cc(OC)c(OC)cc2Br)c(Br)cc1C. The third-order valence-electron chi connectivity index (χ3n) is 3.11. The molecule has 118 valence electrons. The van der Waals surface area contributed by atoms with Crippen molar-refractivity contribution in [1.29, 1.82) is 0 Å². The van der Waals surface area contributed by atoms with Crippen molar-refractivity contribution in [3.8, 4) is 28.7 Å². The number of halogens is 2. The van der Waals surface area contributed by atoms with Crippen LogP contribution in [0.5, 0.6) is 28.7 Å². The molecular weight excluding hydrogens is 416 g/mol. The molecule has 0 radical (unpaired) electrons. The van der Waals surface area contributed by atoms with Crippen molar-refractivity contribution in [2.45, 2.75) is 6.92 Å². The highest BCUT2D eigenvalue weighted by atomic mass is 79.9. The van der Waals surface area contributed by atoms with Gasteiger partial charge < -0.3 is 18.9 Å². The maximum atomic E-state index is 5.97. The van der Waals surface area contributed by atoms with Crippen molar-refractivity contribution in [3.05, 3.63) is 38.8 Å². The average molecular weight is 432 g/mol. The zero-order valence-electron chi connectivity index (χ0n) is 12.7. The number of aryl methyl sites for hydroxylation is 1. The first kappa shape index (κ1) is 17.0. The van der Waals surface area contributed by atoms with Gasteiger partial charge in [-0.2, -0.15) is 0 Å². The predicted octanol–water partition coefficient (Wildman–Crippen LogP) is 5.34. The van der Waals surface area contributed by atoms with E-state index in [9.17, 15) is 0 Å². The molecule has 4 nitrogen and oxygen atoms in total. The molecule has 0 aliphatic heterocycles. The Bertz CT molecular complexity index is 686. The lowest BCUT2D eigenvalue weighted by molar-refractivity contribution is 0.351. The van der Waals surface area contributed by atoms with Gasteiger partial charge in [0.05, 0.1) is 30.3 Å². The van der Waals surface area contributed by atoms with Gasteiger partial charge in [-0.1, -0.05) is 0 Å². The summed E-state index contributed by atoms with van der Waals surface area (Å²) in [6.07, 6.45) is 0. The zero-order chi connectivity index (χ0) is 16.3. The Labute approximate surface area is 146 Å². The first-order chi connectivity index (χ1) is 10.5. The van der Waals surface area contributed by atoms with Crippen LogP contribution in [0.4, 0.5) is 0 Å². The van der Waals surface area contributed by atoms with Crippen LogP contribution in [0, 0.1) is 6.92 Å². The number of rotatable bonds is 5. The molecule has 0 fully saturated rings. The highest BCUT2D eigenvalue weighted by Gasteiger charge is 2.14. The number of hydrogen-bond donors (Lipinski definition) is 0. The molecule has 6 heteroatoms. The van der Waals surface area contributed by atoms with E-state index < -0.39 is 0 Å². The highest BCUT2D eigenvalue weighted by Crippen LogP contribution is 2.42. The van der Waals surface area contributed by atoms with Crippen molar-refractivity contribution in [2.24, 2.45) is 0 Å². The van der Waals surface area contributed by atoms with Gasteiger partial charge in [0, 0.05) is 18.2 Å². The number of methoxy groups -OCH3 is 3.